The van der Waals surface area contributed by atoms with E-state index in [9.17, 15) is 0 Å². The molecule has 5 aromatic carbocycles. The van der Waals surface area contributed by atoms with Gasteiger partial charge in [0.2, 0.25) is 0 Å². The van der Waals surface area contributed by atoms with E-state index < -0.39 is 0 Å². The van der Waals surface area contributed by atoms with Crippen LogP contribution in [0.25, 0.3) is 43.4 Å². The normalized spacial score (nSPS) is 11.3. The zero-order valence-corrected chi connectivity index (χ0v) is 15.3. The molecule has 0 aromatic heterocycles. The summed E-state index contributed by atoms with van der Waals surface area (Å²) in [6.45, 7) is 2.70. The van der Waals surface area contributed by atoms with Gasteiger partial charge in [0.15, 0.2) is 0 Å². The summed E-state index contributed by atoms with van der Waals surface area (Å²) in [5.74, 6) is 0.946. The van der Waals surface area contributed by atoms with Gasteiger partial charge in [-0.15, -0.1) is 0 Å². The molecule has 0 saturated heterocycles. The van der Waals surface area contributed by atoms with Gasteiger partial charge in [0.1, 0.15) is 5.75 Å². The van der Waals surface area contributed by atoms with Crippen molar-refractivity contribution in [3.63, 3.8) is 0 Å². The number of benzene rings is 5. The smallest absolute Gasteiger partial charge is 0.127 e. The Kier molecular flexibility index (Phi) is 3.79. The maximum atomic E-state index is 5.88. The van der Waals surface area contributed by atoms with Crippen LogP contribution in [0.15, 0.2) is 91.0 Å². The fourth-order valence-electron chi connectivity index (χ4n) is 4.07. The molecule has 0 aliphatic carbocycles. The van der Waals surface area contributed by atoms with Crippen LogP contribution < -0.4 is 4.74 Å². The van der Waals surface area contributed by atoms with Crippen molar-refractivity contribution < 1.29 is 4.74 Å². The molecule has 0 amide bonds. The molecule has 0 fully saturated rings. The lowest BCUT2D eigenvalue weighted by atomic mass is 9.89. The lowest BCUT2D eigenvalue weighted by Gasteiger charge is -2.16. The lowest BCUT2D eigenvalue weighted by Crippen LogP contribution is -1.94. The summed E-state index contributed by atoms with van der Waals surface area (Å²) in [5.41, 5.74) is 2.55. The summed E-state index contributed by atoms with van der Waals surface area (Å²) in [4.78, 5) is 0. The molecule has 0 radical (unpaired) electrons. The van der Waals surface area contributed by atoms with Crippen LogP contribution in [0.1, 0.15) is 6.92 Å². The number of ether oxygens (including phenoxy) is 1. The summed E-state index contributed by atoms with van der Waals surface area (Å²) in [7, 11) is 0. The third-order valence-corrected chi connectivity index (χ3v) is 5.22. The topological polar surface area (TPSA) is 9.23 Å². The van der Waals surface area contributed by atoms with Crippen molar-refractivity contribution >= 4 is 32.3 Å². The maximum Gasteiger partial charge on any atom is 0.127 e. The van der Waals surface area contributed by atoms with Crippen LogP contribution in [0, 0.1) is 0 Å². The third kappa shape index (κ3) is 2.55. The van der Waals surface area contributed by atoms with Gasteiger partial charge in [-0.05, 0) is 57.1 Å². The van der Waals surface area contributed by atoms with Crippen LogP contribution in [0.2, 0.25) is 0 Å². The fourth-order valence-corrected chi connectivity index (χ4v) is 4.07. The highest BCUT2D eigenvalue weighted by Crippen LogP contribution is 2.41. The molecule has 130 valence electrons. The molecule has 0 spiro atoms. The number of rotatable bonds is 3. The Labute approximate surface area is 158 Å². The molecule has 0 bridgehead atoms. The number of hydrogen-bond donors (Lipinski definition) is 0. The van der Waals surface area contributed by atoms with Crippen molar-refractivity contribution in [3.05, 3.63) is 91.0 Å². The van der Waals surface area contributed by atoms with Crippen molar-refractivity contribution in [3.8, 4) is 16.9 Å². The standard InChI is InChI=1S/C26H20O/c1-2-27-25-16-15-24(22-13-7-8-14-23(22)25)26-20-11-5-3-9-18(20)17-19-10-4-6-12-21(19)26/h3-17H,2H2,1H3. The molecule has 1 nitrogen and oxygen atoms in total. The first kappa shape index (κ1) is 15.9. The minimum absolute atomic E-state index is 0.667. The van der Waals surface area contributed by atoms with E-state index in [1.54, 1.807) is 0 Å². The summed E-state index contributed by atoms with van der Waals surface area (Å²) in [6, 6.07) is 32.4. The predicted octanol–water partition coefficient (Wildman–Crippen LogP) is 7.21. The summed E-state index contributed by atoms with van der Waals surface area (Å²) < 4.78 is 5.88. The average Bonchev–Trinajstić information content (AvgIpc) is 2.73. The molecule has 0 aliphatic heterocycles. The number of hydrogen-bond acceptors (Lipinski definition) is 1. The Morgan fingerprint density at radius 1 is 0.593 bits per heavy atom. The molecule has 0 N–H and O–H groups in total. The fraction of sp³-hybridized carbons (Fsp3) is 0.0769. The zero-order chi connectivity index (χ0) is 18.2. The second-order valence-corrected chi connectivity index (χ2v) is 6.78. The Bertz CT molecular complexity index is 1230. The molecule has 0 atom stereocenters. The molecule has 0 unspecified atom stereocenters. The molecule has 0 saturated carbocycles. The predicted molar refractivity (Wildman–Crippen MR) is 116 cm³/mol. The minimum atomic E-state index is 0.667. The summed E-state index contributed by atoms with van der Waals surface area (Å²) in [5, 5.41) is 7.49. The van der Waals surface area contributed by atoms with Crippen molar-refractivity contribution in [2.75, 3.05) is 6.61 Å². The molecule has 27 heavy (non-hydrogen) atoms. The average molecular weight is 348 g/mol. The Balaban J connectivity index is 1.95. The molecule has 5 rings (SSSR count). The van der Waals surface area contributed by atoms with Gasteiger partial charge in [-0.1, -0.05) is 78.9 Å². The second-order valence-electron chi connectivity index (χ2n) is 6.78. The molecule has 5 aromatic rings. The van der Waals surface area contributed by atoms with Crippen molar-refractivity contribution in [2.24, 2.45) is 0 Å². The Hall–Kier alpha value is -3.32. The maximum absolute atomic E-state index is 5.88. The van der Waals surface area contributed by atoms with Gasteiger partial charge in [0.05, 0.1) is 6.61 Å². The highest BCUT2D eigenvalue weighted by Gasteiger charge is 2.14. The molecule has 0 aliphatic rings. The van der Waals surface area contributed by atoms with Gasteiger partial charge in [0, 0.05) is 5.39 Å². The highest BCUT2D eigenvalue weighted by molar-refractivity contribution is 6.17. The van der Waals surface area contributed by atoms with Crippen LogP contribution in [-0.4, -0.2) is 6.61 Å². The van der Waals surface area contributed by atoms with Gasteiger partial charge in [0.25, 0.3) is 0 Å². The van der Waals surface area contributed by atoms with E-state index in [1.165, 1.54) is 38.1 Å². The summed E-state index contributed by atoms with van der Waals surface area (Å²) in [6.07, 6.45) is 0. The van der Waals surface area contributed by atoms with Crippen LogP contribution in [0.3, 0.4) is 0 Å². The van der Waals surface area contributed by atoms with Crippen molar-refractivity contribution in [1.82, 2.24) is 0 Å². The second kappa shape index (κ2) is 6.44. The van der Waals surface area contributed by atoms with E-state index >= 15 is 0 Å². The van der Waals surface area contributed by atoms with Gasteiger partial charge in [-0.2, -0.15) is 0 Å². The molecule has 1 heteroatoms. The van der Waals surface area contributed by atoms with E-state index in [2.05, 4.69) is 91.0 Å². The van der Waals surface area contributed by atoms with E-state index in [0.717, 1.165) is 11.1 Å². The zero-order valence-electron chi connectivity index (χ0n) is 15.3. The minimum Gasteiger partial charge on any atom is -0.493 e. The van der Waals surface area contributed by atoms with E-state index in [1.807, 2.05) is 6.92 Å². The first-order chi connectivity index (χ1) is 13.4. The molecule has 0 heterocycles. The Morgan fingerprint density at radius 2 is 1.15 bits per heavy atom. The van der Waals surface area contributed by atoms with E-state index in [-0.39, 0.29) is 0 Å². The SMILES string of the molecule is CCOc1ccc(-c2c3ccccc3cc3ccccc23)c2ccccc12. The first-order valence-electron chi connectivity index (χ1n) is 9.42. The van der Waals surface area contributed by atoms with Crippen LogP contribution in [-0.2, 0) is 0 Å². The summed E-state index contributed by atoms with van der Waals surface area (Å²) >= 11 is 0. The molecular formula is C26H20O. The van der Waals surface area contributed by atoms with Gasteiger partial charge in [-0.25, -0.2) is 0 Å². The van der Waals surface area contributed by atoms with E-state index in [4.69, 9.17) is 4.74 Å². The monoisotopic (exact) mass is 348 g/mol. The van der Waals surface area contributed by atoms with Gasteiger partial charge in [-0.3, -0.25) is 0 Å². The van der Waals surface area contributed by atoms with Crippen LogP contribution in [0.5, 0.6) is 5.75 Å². The third-order valence-electron chi connectivity index (χ3n) is 5.22. The number of fused-ring (bicyclic) bond motifs is 3. The van der Waals surface area contributed by atoms with Crippen LogP contribution in [0.4, 0.5) is 0 Å². The molecular weight excluding hydrogens is 328 g/mol. The van der Waals surface area contributed by atoms with E-state index in [0.29, 0.717) is 6.61 Å². The highest BCUT2D eigenvalue weighted by atomic mass is 16.5. The van der Waals surface area contributed by atoms with Crippen molar-refractivity contribution in [2.45, 2.75) is 6.92 Å². The quantitative estimate of drug-likeness (QED) is 0.313. The largest absolute Gasteiger partial charge is 0.493 e. The first-order valence-corrected chi connectivity index (χ1v) is 9.42. The van der Waals surface area contributed by atoms with Crippen LogP contribution >= 0.6 is 0 Å². The van der Waals surface area contributed by atoms with Gasteiger partial charge >= 0.3 is 0 Å². The van der Waals surface area contributed by atoms with Gasteiger partial charge < -0.3 is 4.74 Å². The Morgan fingerprint density at radius 3 is 1.78 bits per heavy atom. The van der Waals surface area contributed by atoms with Crippen molar-refractivity contribution in [1.29, 1.82) is 0 Å². The lowest BCUT2D eigenvalue weighted by molar-refractivity contribution is 0.344.